The lowest BCUT2D eigenvalue weighted by atomic mass is 10.1. The van der Waals surface area contributed by atoms with Crippen LogP contribution < -0.4 is 10.6 Å². The van der Waals surface area contributed by atoms with Gasteiger partial charge >= 0.3 is 5.97 Å². The van der Waals surface area contributed by atoms with Gasteiger partial charge in [-0.25, -0.2) is 14.8 Å². The van der Waals surface area contributed by atoms with Crippen LogP contribution in [0.2, 0.25) is 0 Å². The van der Waals surface area contributed by atoms with Crippen LogP contribution >= 0.6 is 0 Å². The molecular formula is C21H22N4O2. The zero-order chi connectivity index (χ0) is 19.4. The molecule has 0 atom stereocenters. The maximum absolute atomic E-state index is 11.7. The molecule has 2 aromatic carbocycles. The molecule has 0 amide bonds. The van der Waals surface area contributed by atoms with Crippen LogP contribution in [0.5, 0.6) is 0 Å². The standard InChI is InChI=1S/C21H22N4O2/c1-13-8-9-14(2)18(10-13)25-20-12-19(22-15(3)23-20)24-17-7-5-6-16(11-17)21(26)27-4/h5-12H,1-4H3,(H2,22,23,24,25). The van der Waals surface area contributed by atoms with E-state index in [0.717, 1.165) is 16.9 Å². The highest BCUT2D eigenvalue weighted by molar-refractivity contribution is 5.90. The summed E-state index contributed by atoms with van der Waals surface area (Å²) < 4.78 is 4.76. The van der Waals surface area contributed by atoms with Gasteiger partial charge in [-0.15, -0.1) is 0 Å². The summed E-state index contributed by atoms with van der Waals surface area (Å²) in [6, 6.07) is 15.1. The number of anilines is 4. The fraction of sp³-hybridized carbons (Fsp3) is 0.190. The van der Waals surface area contributed by atoms with Crippen molar-refractivity contribution in [1.82, 2.24) is 9.97 Å². The Hall–Kier alpha value is -3.41. The number of nitrogens with zero attached hydrogens (tertiary/aromatic N) is 2. The van der Waals surface area contributed by atoms with Gasteiger partial charge in [0.15, 0.2) is 0 Å². The molecule has 0 saturated carbocycles. The highest BCUT2D eigenvalue weighted by Gasteiger charge is 2.08. The lowest BCUT2D eigenvalue weighted by Gasteiger charge is -2.13. The summed E-state index contributed by atoms with van der Waals surface area (Å²) in [7, 11) is 1.36. The minimum atomic E-state index is -0.380. The number of nitrogens with one attached hydrogen (secondary N) is 2. The number of hydrogen-bond donors (Lipinski definition) is 2. The van der Waals surface area contributed by atoms with Crippen LogP contribution in [0.4, 0.5) is 23.0 Å². The van der Waals surface area contributed by atoms with Crippen molar-refractivity contribution in [3.05, 3.63) is 71.0 Å². The average molecular weight is 362 g/mol. The number of ether oxygens (including phenoxy) is 1. The molecule has 1 aromatic heterocycles. The van der Waals surface area contributed by atoms with Crippen LogP contribution in [0, 0.1) is 20.8 Å². The third-order valence-corrected chi connectivity index (χ3v) is 4.05. The van der Waals surface area contributed by atoms with Crippen LogP contribution in [0.25, 0.3) is 0 Å². The molecule has 0 spiro atoms. The molecule has 0 bridgehead atoms. The lowest BCUT2D eigenvalue weighted by molar-refractivity contribution is 0.0601. The monoisotopic (exact) mass is 362 g/mol. The van der Waals surface area contributed by atoms with Crippen LogP contribution in [-0.2, 0) is 4.74 Å². The number of methoxy groups -OCH3 is 1. The van der Waals surface area contributed by atoms with Gasteiger partial charge in [0.2, 0.25) is 0 Å². The molecule has 0 fully saturated rings. The summed E-state index contributed by atoms with van der Waals surface area (Å²) in [4.78, 5) is 20.6. The Balaban J connectivity index is 1.85. The van der Waals surface area contributed by atoms with E-state index in [4.69, 9.17) is 4.74 Å². The number of rotatable bonds is 5. The fourth-order valence-corrected chi connectivity index (χ4v) is 2.69. The Morgan fingerprint density at radius 1 is 0.926 bits per heavy atom. The fourth-order valence-electron chi connectivity index (χ4n) is 2.69. The van der Waals surface area contributed by atoms with E-state index in [-0.39, 0.29) is 5.97 Å². The second kappa shape index (κ2) is 7.86. The number of aromatic nitrogens is 2. The first-order chi connectivity index (χ1) is 12.9. The van der Waals surface area contributed by atoms with Crippen molar-refractivity contribution in [3.63, 3.8) is 0 Å². The molecule has 0 aliphatic rings. The van der Waals surface area contributed by atoms with E-state index in [1.807, 2.05) is 26.0 Å². The molecule has 1 heterocycles. The van der Waals surface area contributed by atoms with Gasteiger partial charge in [0.05, 0.1) is 12.7 Å². The zero-order valence-electron chi connectivity index (χ0n) is 15.8. The van der Waals surface area contributed by atoms with Gasteiger partial charge in [0, 0.05) is 17.4 Å². The van der Waals surface area contributed by atoms with E-state index in [0.29, 0.717) is 23.0 Å². The average Bonchev–Trinajstić information content (AvgIpc) is 2.64. The normalized spacial score (nSPS) is 10.4. The second-order valence-corrected chi connectivity index (χ2v) is 6.33. The van der Waals surface area contributed by atoms with Crippen LogP contribution in [-0.4, -0.2) is 23.0 Å². The number of carbonyl (C=O) groups excluding carboxylic acids is 1. The molecule has 0 saturated heterocycles. The van der Waals surface area contributed by atoms with E-state index in [1.54, 1.807) is 18.2 Å². The first-order valence-corrected chi connectivity index (χ1v) is 8.60. The summed E-state index contributed by atoms with van der Waals surface area (Å²) in [6.07, 6.45) is 0. The van der Waals surface area contributed by atoms with Gasteiger partial charge in [0.1, 0.15) is 17.5 Å². The van der Waals surface area contributed by atoms with Crippen molar-refractivity contribution in [2.75, 3.05) is 17.7 Å². The van der Waals surface area contributed by atoms with Crippen molar-refractivity contribution in [2.45, 2.75) is 20.8 Å². The van der Waals surface area contributed by atoms with Gasteiger partial charge in [-0.1, -0.05) is 18.2 Å². The van der Waals surface area contributed by atoms with Gasteiger partial charge < -0.3 is 15.4 Å². The number of esters is 1. The minimum absolute atomic E-state index is 0.380. The van der Waals surface area contributed by atoms with Crippen molar-refractivity contribution >= 4 is 29.0 Å². The zero-order valence-corrected chi connectivity index (χ0v) is 15.8. The summed E-state index contributed by atoms with van der Waals surface area (Å²) in [5.41, 5.74) is 4.53. The van der Waals surface area contributed by atoms with Gasteiger partial charge in [-0.05, 0) is 56.2 Å². The van der Waals surface area contributed by atoms with E-state index >= 15 is 0 Å². The first-order valence-electron chi connectivity index (χ1n) is 8.60. The molecule has 6 nitrogen and oxygen atoms in total. The topological polar surface area (TPSA) is 76.1 Å². The number of carbonyl (C=O) groups is 1. The third-order valence-electron chi connectivity index (χ3n) is 4.05. The lowest BCUT2D eigenvalue weighted by Crippen LogP contribution is -2.04. The number of benzene rings is 2. The van der Waals surface area contributed by atoms with E-state index in [2.05, 4.69) is 45.7 Å². The molecule has 0 radical (unpaired) electrons. The van der Waals surface area contributed by atoms with Gasteiger partial charge in [-0.2, -0.15) is 0 Å². The van der Waals surface area contributed by atoms with Crippen molar-refractivity contribution in [3.8, 4) is 0 Å². The van der Waals surface area contributed by atoms with Gasteiger partial charge in [-0.3, -0.25) is 0 Å². The number of aryl methyl sites for hydroxylation is 3. The summed E-state index contributed by atoms with van der Waals surface area (Å²) in [5, 5.41) is 6.57. The molecule has 0 aliphatic carbocycles. The summed E-state index contributed by atoms with van der Waals surface area (Å²) in [6.45, 7) is 5.94. The maximum atomic E-state index is 11.7. The number of hydrogen-bond acceptors (Lipinski definition) is 6. The second-order valence-electron chi connectivity index (χ2n) is 6.33. The Morgan fingerprint density at radius 2 is 1.67 bits per heavy atom. The summed E-state index contributed by atoms with van der Waals surface area (Å²) >= 11 is 0. The van der Waals surface area contributed by atoms with Crippen molar-refractivity contribution < 1.29 is 9.53 Å². The predicted molar refractivity (Wildman–Crippen MR) is 107 cm³/mol. The quantitative estimate of drug-likeness (QED) is 0.642. The maximum Gasteiger partial charge on any atom is 0.337 e. The van der Waals surface area contributed by atoms with E-state index in [9.17, 15) is 4.79 Å². The van der Waals surface area contributed by atoms with Crippen molar-refractivity contribution in [2.24, 2.45) is 0 Å². The largest absolute Gasteiger partial charge is 0.465 e. The molecule has 2 N–H and O–H groups in total. The van der Waals surface area contributed by atoms with E-state index < -0.39 is 0 Å². The molecule has 3 rings (SSSR count). The van der Waals surface area contributed by atoms with Crippen molar-refractivity contribution in [1.29, 1.82) is 0 Å². The molecule has 3 aromatic rings. The minimum Gasteiger partial charge on any atom is -0.465 e. The molecule has 27 heavy (non-hydrogen) atoms. The summed E-state index contributed by atoms with van der Waals surface area (Å²) in [5.74, 6) is 1.59. The molecule has 0 unspecified atom stereocenters. The Bertz CT molecular complexity index is 986. The van der Waals surface area contributed by atoms with Crippen LogP contribution in [0.3, 0.4) is 0 Å². The molecule has 0 aliphatic heterocycles. The van der Waals surface area contributed by atoms with Crippen LogP contribution in [0.15, 0.2) is 48.5 Å². The highest BCUT2D eigenvalue weighted by Crippen LogP contribution is 2.24. The van der Waals surface area contributed by atoms with Crippen LogP contribution in [0.1, 0.15) is 27.3 Å². The SMILES string of the molecule is COC(=O)c1cccc(Nc2cc(Nc3cc(C)ccc3C)nc(C)n2)c1. The first kappa shape index (κ1) is 18.4. The highest BCUT2D eigenvalue weighted by atomic mass is 16.5. The smallest absolute Gasteiger partial charge is 0.337 e. The molecular weight excluding hydrogens is 340 g/mol. The Morgan fingerprint density at radius 3 is 2.41 bits per heavy atom. The van der Waals surface area contributed by atoms with E-state index in [1.165, 1.54) is 12.7 Å². The predicted octanol–water partition coefficient (Wildman–Crippen LogP) is 4.68. The Labute approximate surface area is 158 Å². The third kappa shape index (κ3) is 4.61. The Kier molecular flexibility index (Phi) is 5.35. The molecule has 138 valence electrons. The molecule has 6 heteroatoms. The van der Waals surface area contributed by atoms with Gasteiger partial charge in [0.25, 0.3) is 0 Å².